The minimum absolute atomic E-state index is 0.103. The van der Waals surface area contributed by atoms with Gasteiger partial charge in [-0.3, -0.25) is 4.79 Å². The van der Waals surface area contributed by atoms with Gasteiger partial charge in [-0.2, -0.15) is 0 Å². The van der Waals surface area contributed by atoms with E-state index < -0.39 is 0 Å². The number of hydrogen-bond donors (Lipinski definition) is 2. The van der Waals surface area contributed by atoms with E-state index >= 15 is 0 Å². The maximum atomic E-state index is 12.7. The van der Waals surface area contributed by atoms with E-state index in [0.29, 0.717) is 6.04 Å². The van der Waals surface area contributed by atoms with E-state index in [1.165, 1.54) is 15.4 Å². The van der Waals surface area contributed by atoms with Gasteiger partial charge in [0.15, 0.2) is 5.96 Å². The first-order chi connectivity index (χ1) is 14.2. The fraction of sp³-hybridized carbons (Fsp3) is 0.524. The Morgan fingerprint density at radius 2 is 2.07 bits per heavy atom. The molecule has 0 spiro atoms. The number of nitrogens with one attached hydrogen (secondary N) is 2. The van der Waals surface area contributed by atoms with Crippen LogP contribution in [-0.2, 0) is 17.8 Å². The van der Waals surface area contributed by atoms with Crippen molar-refractivity contribution in [3.8, 4) is 0 Å². The highest BCUT2D eigenvalue weighted by Crippen LogP contribution is 2.25. The van der Waals surface area contributed by atoms with Crippen molar-refractivity contribution in [1.82, 2.24) is 15.5 Å². The molecule has 0 aromatic carbocycles. The van der Waals surface area contributed by atoms with Crippen molar-refractivity contribution in [1.29, 1.82) is 0 Å². The highest BCUT2D eigenvalue weighted by atomic mass is 32.1. The number of nitrogens with zero attached hydrogens (tertiary/aromatic N) is 3. The lowest BCUT2D eigenvalue weighted by molar-refractivity contribution is -0.130. The highest BCUT2D eigenvalue weighted by molar-refractivity contribution is 7.14. The number of amides is 1. The Morgan fingerprint density at radius 3 is 2.83 bits per heavy atom. The van der Waals surface area contributed by atoms with E-state index in [1.54, 1.807) is 22.7 Å². The highest BCUT2D eigenvalue weighted by Gasteiger charge is 2.23. The molecule has 0 bridgehead atoms. The first kappa shape index (κ1) is 20.2. The number of aliphatic imine (C=N–C) groups is 1. The number of hydrogen-bond acceptors (Lipinski definition) is 5. The van der Waals surface area contributed by atoms with Gasteiger partial charge in [0.05, 0.1) is 5.00 Å². The molecule has 0 unspecified atom stereocenters. The van der Waals surface area contributed by atoms with Crippen molar-refractivity contribution in [2.75, 3.05) is 37.6 Å². The van der Waals surface area contributed by atoms with Crippen molar-refractivity contribution in [3.63, 3.8) is 0 Å². The quantitative estimate of drug-likeness (QED) is 0.565. The molecule has 0 radical (unpaired) electrons. The molecule has 0 atom stereocenters. The molecule has 156 valence electrons. The van der Waals surface area contributed by atoms with Gasteiger partial charge in [-0.05, 0) is 60.7 Å². The van der Waals surface area contributed by atoms with E-state index in [-0.39, 0.29) is 12.5 Å². The van der Waals surface area contributed by atoms with Gasteiger partial charge in [-0.25, -0.2) is 4.99 Å². The molecule has 8 heteroatoms. The van der Waals surface area contributed by atoms with E-state index in [0.717, 1.165) is 57.9 Å². The van der Waals surface area contributed by atoms with Crippen LogP contribution in [-0.4, -0.2) is 55.5 Å². The number of fused-ring (bicyclic) bond motifs is 1. The zero-order chi connectivity index (χ0) is 20.1. The van der Waals surface area contributed by atoms with Crippen LogP contribution >= 0.6 is 22.7 Å². The summed E-state index contributed by atoms with van der Waals surface area (Å²) in [5.41, 5.74) is 1.29. The van der Waals surface area contributed by atoms with Gasteiger partial charge in [0.25, 0.3) is 0 Å². The number of piperidine rings is 1. The summed E-state index contributed by atoms with van der Waals surface area (Å²) in [5.74, 6) is 0.857. The van der Waals surface area contributed by atoms with E-state index in [9.17, 15) is 4.79 Å². The Hall–Kier alpha value is -2.06. The summed E-state index contributed by atoms with van der Waals surface area (Å²) in [6.45, 7) is 6.66. The minimum Gasteiger partial charge on any atom is -0.363 e. The van der Waals surface area contributed by atoms with Crippen LogP contribution in [0.4, 0.5) is 5.00 Å². The van der Waals surface area contributed by atoms with Crippen LogP contribution < -0.4 is 15.5 Å². The monoisotopic (exact) mass is 431 g/mol. The Kier molecular flexibility index (Phi) is 6.71. The molecule has 2 aliphatic rings. The zero-order valence-corrected chi connectivity index (χ0v) is 18.5. The number of anilines is 1. The molecule has 4 rings (SSSR count). The second-order valence-corrected chi connectivity index (χ2v) is 9.41. The summed E-state index contributed by atoms with van der Waals surface area (Å²) in [7, 11) is 0. The van der Waals surface area contributed by atoms with Crippen LogP contribution in [0.2, 0.25) is 0 Å². The summed E-state index contributed by atoms with van der Waals surface area (Å²) in [5, 5.41) is 12.4. The number of thiophene rings is 2. The minimum atomic E-state index is 0.103. The maximum absolute atomic E-state index is 12.7. The lowest BCUT2D eigenvalue weighted by atomic mass is 10.1. The molecular formula is C21H29N5OS2. The third kappa shape index (κ3) is 5.11. The van der Waals surface area contributed by atoms with Crippen molar-refractivity contribution < 1.29 is 4.79 Å². The number of carbonyl (C=O) groups is 1. The molecule has 1 amide bonds. The van der Waals surface area contributed by atoms with Crippen LogP contribution in [0, 0.1) is 0 Å². The van der Waals surface area contributed by atoms with Gasteiger partial charge < -0.3 is 20.4 Å². The standard InChI is InChI=1S/C21H29N5OS2/c1-2-22-21(24-17-5-9-25(10-6-17)20-4-3-12-29-20)23-14-19(27)26-11-7-18-16(15-26)8-13-28-18/h3-4,8,12-13,17H,2,5-7,9-11,14-15H2,1H3,(H2,22,23,24). The van der Waals surface area contributed by atoms with Crippen LogP contribution in [0.15, 0.2) is 34.0 Å². The Balaban J connectivity index is 1.28. The fourth-order valence-electron chi connectivity index (χ4n) is 3.92. The number of rotatable bonds is 5. The summed E-state index contributed by atoms with van der Waals surface area (Å²) >= 11 is 3.60. The largest absolute Gasteiger partial charge is 0.363 e. The van der Waals surface area contributed by atoms with E-state index in [4.69, 9.17) is 0 Å². The fourth-order valence-corrected chi connectivity index (χ4v) is 5.59. The third-order valence-corrected chi connectivity index (χ3v) is 7.48. The Bertz CT molecular complexity index is 824. The van der Waals surface area contributed by atoms with Crippen LogP contribution in [0.5, 0.6) is 0 Å². The summed E-state index contributed by atoms with van der Waals surface area (Å²) in [6, 6.07) is 6.83. The van der Waals surface area contributed by atoms with Crippen molar-refractivity contribution in [3.05, 3.63) is 39.4 Å². The van der Waals surface area contributed by atoms with E-state index in [2.05, 4.69) is 56.4 Å². The maximum Gasteiger partial charge on any atom is 0.244 e. The molecule has 29 heavy (non-hydrogen) atoms. The molecular weight excluding hydrogens is 402 g/mol. The van der Waals surface area contributed by atoms with Crippen LogP contribution in [0.1, 0.15) is 30.2 Å². The van der Waals surface area contributed by atoms with E-state index in [1.807, 2.05) is 4.90 Å². The molecule has 2 aromatic rings. The van der Waals surface area contributed by atoms with Crippen molar-refractivity contribution >= 4 is 39.5 Å². The van der Waals surface area contributed by atoms with Gasteiger partial charge in [0, 0.05) is 43.6 Å². The average Bonchev–Trinajstić information content (AvgIpc) is 3.44. The predicted octanol–water partition coefficient (Wildman–Crippen LogP) is 2.92. The number of carbonyl (C=O) groups excluding carboxylic acids is 1. The second kappa shape index (κ2) is 9.63. The molecule has 2 aromatic heterocycles. The molecule has 1 fully saturated rings. The smallest absolute Gasteiger partial charge is 0.244 e. The van der Waals surface area contributed by atoms with Crippen LogP contribution in [0.3, 0.4) is 0 Å². The molecule has 0 saturated carbocycles. The van der Waals surface area contributed by atoms with Gasteiger partial charge in [-0.1, -0.05) is 0 Å². The normalized spacial score (nSPS) is 17.9. The Labute approximate surface area is 180 Å². The Morgan fingerprint density at radius 1 is 1.21 bits per heavy atom. The molecule has 0 aliphatic carbocycles. The summed E-state index contributed by atoms with van der Waals surface area (Å²) in [6.07, 6.45) is 3.11. The summed E-state index contributed by atoms with van der Waals surface area (Å²) in [4.78, 5) is 23.1. The van der Waals surface area contributed by atoms with Crippen molar-refractivity contribution in [2.24, 2.45) is 4.99 Å². The zero-order valence-electron chi connectivity index (χ0n) is 16.9. The molecule has 2 N–H and O–H groups in total. The van der Waals surface area contributed by atoms with Gasteiger partial charge in [0.1, 0.15) is 6.54 Å². The van der Waals surface area contributed by atoms with Gasteiger partial charge in [-0.15, -0.1) is 22.7 Å². The average molecular weight is 432 g/mol. The molecule has 1 saturated heterocycles. The molecule has 4 heterocycles. The SMILES string of the molecule is CCNC(=NCC(=O)N1CCc2sccc2C1)NC1CCN(c2cccs2)CC1. The predicted molar refractivity (Wildman–Crippen MR) is 122 cm³/mol. The van der Waals surface area contributed by atoms with Gasteiger partial charge in [0.2, 0.25) is 5.91 Å². The molecule has 2 aliphatic heterocycles. The first-order valence-corrected chi connectivity index (χ1v) is 12.1. The molecule has 6 nitrogen and oxygen atoms in total. The topological polar surface area (TPSA) is 60.0 Å². The number of guanidine groups is 1. The van der Waals surface area contributed by atoms with Gasteiger partial charge >= 0.3 is 0 Å². The lowest BCUT2D eigenvalue weighted by Crippen LogP contribution is -2.49. The third-order valence-electron chi connectivity index (χ3n) is 5.53. The first-order valence-electron chi connectivity index (χ1n) is 10.4. The second-order valence-electron chi connectivity index (χ2n) is 7.49. The summed E-state index contributed by atoms with van der Waals surface area (Å²) < 4.78 is 0. The van der Waals surface area contributed by atoms with Crippen LogP contribution in [0.25, 0.3) is 0 Å². The lowest BCUT2D eigenvalue weighted by Gasteiger charge is -2.33. The van der Waals surface area contributed by atoms with Crippen molar-refractivity contribution in [2.45, 2.75) is 38.8 Å².